The van der Waals surface area contributed by atoms with Gasteiger partial charge in [0.05, 0.1) is 11.3 Å². The molecule has 2 aromatic rings. The zero-order valence-corrected chi connectivity index (χ0v) is 10.1. The van der Waals surface area contributed by atoms with Crippen molar-refractivity contribution in [2.75, 3.05) is 5.73 Å². The maximum atomic E-state index is 5.70. The molecule has 0 aliphatic carbocycles. The molecule has 1 aromatic carbocycles. The second-order valence-corrected chi connectivity index (χ2v) is 3.89. The van der Waals surface area contributed by atoms with Crippen LogP contribution in [0.4, 0.5) is 5.69 Å². The summed E-state index contributed by atoms with van der Waals surface area (Å²) in [6, 6.07) is 7.58. The van der Waals surface area contributed by atoms with E-state index in [1.54, 1.807) is 4.68 Å². The van der Waals surface area contributed by atoms with Crippen molar-refractivity contribution in [2.24, 2.45) is 7.05 Å². The molecule has 86 valence electrons. The highest BCUT2D eigenvalue weighted by Crippen LogP contribution is 2.07. The molecule has 0 fully saturated rings. The molecule has 0 spiro atoms. The maximum absolute atomic E-state index is 5.70. The lowest BCUT2D eigenvalue weighted by atomic mass is 10.1. The number of anilines is 1. The van der Waals surface area contributed by atoms with E-state index in [9.17, 15) is 0 Å². The van der Waals surface area contributed by atoms with Crippen molar-refractivity contribution in [3.63, 3.8) is 0 Å². The van der Waals surface area contributed by atoms with Gasteiger partial charge in [-0.25, -0.2) is 0 Å². The third-order valence-corrected chi connectivity index (χ3v) is 2.47. The number of nitrogens with two attached hydrogens (primary N) is 1. The van der Waals surface area contributed by atoms with Crippen LogP contribution in [0.25, 0.3) is 0 Å². The van der Waals surface area contributed by atoms with Crippen LogP contribution in [-0.4, -0.2) is 9.78 Å². The minimum Gasteiger partial charge on any atom is -0.399 e. The van der Waals surface area contributed by atoms with Crippen LogP contribution in [-0.2, 0) is 13.5 Å². The summed E-state index contributed by atoms with van der Waals surface area (Å²) in [4.78, 5) is 0. The Hall–Kier alpha value is -2.21. The molecule has 1 aromatic heterocycles. The lowest BCUT2D eigenvalue weighted by Gasteiger charge is -1.92. The molecule has 3 nitrogen and oxygen atoms in total. The molecule has 0 saturated heterocycles. The van der Waals surface area contributed by atoms with Crippen molar-refractivity contribution < 1.29 is 0 Å². The molecule has 1 heterocycles. The Morgan fingerprint density at radius 1 is 1.35 bits per heavy atom. The van der Waals surface area contributed by atoms with Crippen LogP contribution in [0.5, 0.6) is 0 Å². The first-order chi connectivity index (χ1) is 8.19. The van der Waals surface area contributed by atoms with E-state index < -0.39 is 0 Å². The van der Waals surface area contributed by atoms with Crippen LogP contribution >= 0.6 is 0 Å². The molecule has 17 heavy (non-hydrogen) atoms. The average Bonchev–Trinajstić information content (AvgIpc) is 2.67. The lowest BCUT2D eigenvalue weighted by Crippen LogP contribution is -1.89. The highest BCUT2D eigenvalue weighted by molar-refractivity contribution is 5.50. The van der Waals surface area contributed by atoms with E-state index in [0.717, 1.165) is 28.9 Å². The number of hydrogen-bond acceptors (Lipinski definition) is 2. The predicted octanol–water partition coefficient (Wildman–Crippen LogP) is 1.96. The van der Waals surface area contributed by atoms with Crippen molar-refractivity contribution in [3.8, 4) is 11.8 Å². The first-order valence-electron chi connectivity index (χ1n) is 5.59. The largest absolute Gasteiger partial charge is 0.399 e. The minimum atomic E-state index is 0.735. The first kappa shape index (κ1) is 11.3. The molecular weight excluding hydrogens is 210 g/mol. The summed E-state index contributed by atoms with van der Waals surface area (Å²) in [7, 11) is 1.91. The summed E-state index contributed by atoms with van der Waals surface area (Å²) < 4.78 is 1.79. The van der Waals surface area contributed by atoms with Crippen LogP contribution in [0.15, 0.2) is 30.5 Å². The summed E-state index contributed by atoms with van der Waals surface area (Å²) >= 11 is 0. The summed E-state index contributed by atoms with van der Waals surface area (Å²) in [6.45, 7) is 2.08. The fourth-order valence-corrected chi connectivity index (χ4v) is 1.66. The van der Waals surface area contributed by atoms with Gasteiger partial charge < -0.3 is 5.73 Å². The Labute approximate surface area is 101 Å². The normalized spacial score (nSPS) is 9.76. The molecule has 2 rings (SSSR count). The van der Waals surface area contributed by atoms with Gasteiger partial charge in [-0.1, -0.05) is 24.8 Å². The quantitative estimate of drug-likeness (QED) is 0.595. The second-order valence-electron chi connectivity index (χ2n) is 3.89. The predicted molar refractivity (Wildman–Crippen MR) is 69.4 cm³/mol. The topological polar surface area (TPSA) is 43.8 Å². The summed E-state index contributed by atoms with van der Waals surface area (Å²) in [5, 5.41) is 4.35. The Kier molecular flexibility index (Phi) is 3.15. The molecule has 0 unspecified atom stereocenters. The number of aromatic nitrogens is 2. The van der Waals surface area contributed by atoms with E-state index in [0.29, 0.717) is 0 Å². The van der Waals surface area contributed by atoms with Gasteiger partial charge in [0, 0.05) is 24.5 Å². The second kappa shape index (κ2) is 4.75. The summed E-state index contributed by atoms with van der Waals surface area (Å²) in [6.07, 6.45) is 2.83. The van der Waals surface area contributed by atoms with Gasteiger partial charge >= 0.3 is 0 Å². The number of aryl methyl sites for hydroxylation is 2. The van der Waals surface area contributed by atoms with E-state index >= 15 is 0 Å². The molecule has 2 N–H and O–H groups in total. The van der Waals surface area contributed by atoms with Gasteiger partial charge in [-0.15, -0.1) is 0 Å². The Balaban J connectivity index is 2.32. The fourth-order valence-electron chi connectivity index (χ4n) is 1.66. The first-order valence-corrected chi connectivity index (χ1v) is 5.59. The van der Waals surface area contributed by atoms with Crippen LogP contribution in [0.2, 0.25) is 0 Å². The van der Waals surface area contributed by atoms with Gasteiger partial charge in [-0.2, -0.15) is 5.10 Å². The average molecular weight is 225 g/mol. The number of benzene rings is 1. The van der Waals surface area contributed by atoms with Crippen molar-refractivity contribution in [2.45, 2.75) is 13.3 Å². The van der Waals surface area contributed by atoms with E-state index in [2.05, 4.69) is 23.9 Å². The number of rotatable bonds is 1. The monoisotopic (exact) mass is 225 g/mol. The third-order valence-electron chi connectivity index (χ3n) is 2.47. The van der Waals surface area contributed by atoms with Gasteiger partial charge in [-0.05, 0) is 24.6 Å². The molecule has 0 aliphatic heterocycles. The minimum absolute atomic E-state index is 0.735. The van der Waals surface area contributed by atoms with Crippen molar-refractivity contribution in [1.29, 1.82) is 0 Å². The van der Waals surface area contributed by atoms with Crippen LogP contribution in [0.3, 0.4) is 0 Å². The zero-order valence-electron chi connectivity index (χ0n) is 10.1. The van der Waals surface area contributed by atoms with Crippen LogP contribution in [0, 0.1) is 11.8 Å². The molecular formula is C14H15N3. The van der Waals surface area contributed by atoms with Crippen molar-refractivity contribution >= 4 is 5.69 Å². The van der Waals surface area contributed by atoms with Gasteiger partial charge in [0.2, 0.25) is 0 Å². The zero-order chi connectivity index (χ0) is 12.3. The molecule has 0 aliphatic rings. The Morgan fingerprint density at radius 2 is 2.18 bits per heavy atom. The van der Waals surface area contributed by atoms with E-state index in [-0.39, 0.29) is 0 Å². The molecule has 0 radical (unpaired) electrons. The smallest absolute Gasteiger partial charge is 0.0778 e. The van der Waals surface area contributed by atoms with Crippen molar-refractivity contribution in [3.05, 3.63) is 47.3 Å². The highest BCUT2D eigenvalue weighted by atomic mass is 15.2. The molecule has 0 amide bonds. The van der Waals surface area contributed by atoms with Gasteiger partial charge in [0.15, 0.2) is 0 Å². The maximum Gasteiger partial charge on any atom is 0.0778 e. The van der Waals surface area contributed by atoms with Gasteiger partial charge in [0.1, 0.15) is 0 Å². The lowest BCUT2D eigenvalue weighted by molar-refractivity contribution is 0.746. The van der Waals surface area contributed by atoms with E-state index in [1.807, 2.05) is 37.5 Å². The standard InChI is InChI=1S/C14H15N3/c1-3-14-12(10-17(2)16-14)8-7-11-5-4-6-13(15)9-11/h4-6,9-10H,3,15H2,1-2H3. The Morgan fingerprint density at radius 3 is 2.88 bits per heavy atom. The van der Waals surface area contributed by atoms with Gasteiger partial charge in [-0.3, -0.25) is 4.68 Å². The third kappa shape index (κ3) is 2.67. The van der Waals surface area contributed by atoms with E-state index in [4.69, 9.17) is 5.73 Å². The summed E-state index contributed by atoms with van der Waals surface area (Å²) in [5.41, 5.74) is 9.38. The molecule has 3 heteroatoms. The van der Waals surface area contributed by atoms with Crippen molar-refractivity contribution in [1.82, 2.24) is 9.78 Å². The number of hydrogen-bond donors (Lipinski definition) is 1. The SMILES string of the molecule is CCc1nn(C)cc1C#Cc1cccc(N)c1. The number of nitrogen functional groups attached to an aromatic ring is 1. The van der Waals surface area contributed by atoms with Gasteiger partial charge in [0.25, 0.3) is 0 Å². The van der Waals surface area contributed by atoms with Crippen LogP contribution < -0.4 is 5.73 Å². The van der Waals surface area contributed by atoms with E-state index in [1.165, 1.54) is 0 Å². The van der Waals surface area contributed by atoms with Crippen LogP contribution in [0.1, 0.15) is 23.7 Å². The highest BCUT2D eigenvalue weighted by Gasteiger charge is 2.01. The molecule has 0 atom stereocenters. The Bertz CT molecular complexity index is 585. The number of nitrogens with zero attached hydrogens (tertiary/aromatic N) is 2. The molecule has 0 saturated carbocycles. The summed E-state index contributed by atoms with van der Waals surface area (Å²) in [5.74, 6) is 6.25. The molecule has 0 bridgehead atoms. The fraction of sp³-hybridized carbons (Fsp3) is 0.214.